The molecule has 7 rings (SSSR count). The van der Waals surface area contributed by atoms with Gasteiger partial charge < -0.3 is 34.5 Å². The van der Waals surface area contributed by atoms with Crippen LogP contribution in [0.15, 0.2) is 55.1 Å². The Labute approximate surface area is 406 Å². The summed E-state index contributed by atoms with van der Waals surface area (Å²) in [5, 5.41) is 9.55. The first-order valence-electron chi connectivity index (χ1n) is 24.3. The van der Waals surface area contributed by atoms with Crippen molar-refractivity contribution >= 4 is 56.1 Å². The third kappa shape index (κ3) is 13.6. The number of rotatable bonds is 19. The van der Waals surface area contributed by atoms with E-state index in [2.05, 4.69) is 35.2 Å². The molecule has 0 radical (unpaired) electrons. The number of benzene rings is 1. The Morgan fingerprint density at radius 2 is 1.66 bits per heavy atom. The molecule has 0 spiro atoms. The van der Waals surface area contributed by atoms with Crippen LogP contribution in [0.25, 0.3) is 17.1 Å². The van der Waals surface area contributed by atoms with Crippen LogP contribution >= 0.6 is 20.8 Å². The summed E-state index contributed by atoms with van der Waals surface area (Å²) in [6.45, 7) is 10.8. The van der Waals surface area contributed by atoms with E-state index in [-0.39, 0.29) is 51.0 Å². The van der Waals surface area contributed by atoms with Crippen molar-refractivity contribution in [2.24, 2.45) is 24.8 Å². The third-order valence-electron chi connectivity index (χ3n) is 13.9. The van der Waals surface area contributed by atoms with Gasteiger partial charge >= 0.3 is 6.18 Å². The molecule has 2 saturated heterocycles. The number of piperidine rings is 2. The lowest BCUT2D eigenvalue weighted by atomic mass is 9.85. The quantitative estimate of drug-likeness (QED) is 0.0480. The van der Waals surface area contributed by atoms with Gasteiger partial charge in [0.1, 0.15) is 18.1 Å². The number of imidazole rings is 1. The number of carbonyl (C=O) groups excluding carboxylic acids is 4. The molecule has 1 unspecified atom stereocenters. The maximum Gasteiger partial charge on any atom is 0.418 e. The van der Waals surface area contributed by atoms with Crippen LogP contribution in [-0.4, -0.2) is 118 Å². The van der Waals surface area contributed by atoms with E-state index in [0.717, 1.165) is 87.6 Å². The van der Waals surface area contributed by atoms with E-state index < -0.39 is 17.6 Å². The van der Waals surface area contributed by atoms with E-state index >= 15 is 0 Å². The smallest absolute Gasteiger partial charge is 0.384 e. The number of carbonyl (C=O) groups is 4. The molecule has 1 aliphatic carbocycles. The molecule has 3 aliphatic rings. The SMILES string of the molecule is CCCN(CCCC(=O)C1CC[N+](CC=O)(CC2CCCCC2)CC1)C(=O)c1ccc(NC(=O)c2ncc(-c3cn(-c4ccc(NCC5CCNCC5)cn4)cc3C(F)(F)F)n2C)cc1Cl.CP. The van der Waals surface area contributed by atoms with Gasteiger partial charge in [-0.15, -0.1) is 9.24 Å². The predicted octanol–water partition coefficient (Wildman–Crippen LogP) is 9.31. The molecule has 3 N–H and O–H groups in total. The number of alkyl halides is 3. The molecule has 1 aromatic carbocycles. The number of amides is 2. The monoisotopic (exact) mass is 982 g/mol. The first kappa shape index (κ1) is 52.7. The second-order valence-corrected chi connectivity index (χ2v) is 19.0. The minimum absolute atomic E-state index is 0.0264. The highest BCUT2D eigenvalue weighted by Crippen LogP contribution is 2.39. The number of quaternary nitrogens is 1. The van der Waals surface area contributed by atoms with Crippen LogP contribution in [0.4, 0.5) is 24.5 Å². The Morgan fingerprint density at radius 3 is 2.31 bits per heavy atom. The number of anilines is 2. The fraction of sp³-hybridized carbons (Fsp3) is 0.560. The number of nitrogens with one attached hydrogen (secondary N) is 3. The first-order chi connectivity index (χ1) is 32.8. The molecule has 0 bridgehead atoms. The van der Waals surface area contributed by atoms with Crippen LogP contribution in [0.1, 0.15) is 111 Å². The van der Waals surface area contributed by atoms with Crippen molar-refractivity contribution in [3.63, 3.8) is 0 Å². The molecule has 4 aromatic rings. The molecular formula is C50H69ClF3N9O4P+. The molecule has 68 heavy (non-hydrogen) atoms. The van der Waals surface area contributed by atoms with E-state index in [9.17, 15) is 32.3 Å². The topological polar surface area (TPSA) is 143 Å². The van der Waals surface area contributed by atoms with E-state index in [0.29, 0.717) is 56.6 Å². The van der Waals surface area contributed by atoms with Gasteiger partial charge in [-0.05, 0) is 87.9 Å². The van der Waals surface area contributed by atoms with Gasteiger partial charge in [0.05, 0.1) is 59.6 Å². The lowest BCUT2D eigenvalue weighted by molar-refractivity contribution is -0.928. The number of Topliss-reactive ketones (excluding diaryl/α,β-unsaturated/α-hetero) is 1. The predicted molar refractivity (Wildman–Crippen MR) is 265 cm³/mol. The largest absolute Gasteiger partial charge is 0.418 e. The van der Waals surface area contributed by atoms with Gasteiger partial charge in [-0.1, -0.05) is 44.5 Å². The second kappa shape index (κ2) is 24.8. The zero-order chi connectivity index (χ0) is 48.8. The third-order valence-corrected chi connectivity index (χ3v) is 14.3. The number of aldehydes is 1. The number of ketones is 1. The van der Waals surface area contributed by atoms with Crippen molar-refractivity contribution in [3.8, 4) is 17.1 Å². The van der Waals surface area contributed by atoms with Gasteiger partial charge in [-0.25, -0.2) is 9.97 Å². The molecule has 18 heteroatoms. The molecule has 3 aromatic heterocycles. The van der Waals surface area contributed by atoms with Crippen molar-refractivity contribution < 1.29 is 36.8 Å². The Kier molecular flexibility index (Phi) is 19.2. The van der Waals surface area contributed by atoms with Gasteiger partial charge in [-0.2, -0.15) is 13.2 Å². The molecule has 3 fully saturated rings. The average Bonchev–Trinajstić information content (AvgIpc) is 3.96. The van der Waals surface area contributed by atoms with Crippen LogP contribution in [0.2, 0.25) is 5.02 Å². The normalized spacial score (nSPS) is 19.1. The molecule has 2 aliphatic heterocycles. The van der Waals surface area contributed by atoms with Crippen molar-refractivity contribution in [1.29, 1.82) is 0 Å². The van der Waals surface area contributed by atoms with Gasteiger partial charge in [-0.3, -0.25) is 19.2 Å². The summed E-state index contributed by atoms with van der Waals surface area (Å²) in [5.41, 5.74) is 0.279. The minimum atomic E-state index is -4.71. The van der Waals surface area contributed by atoms with Gasteiger partial charge in [0.15, 0.2) is 12.1 Å². The summed E-state index contributed by atoms with van der Waals surface area (Å²) in [6.07, 6.45) is 13.1. The standard InChI is InChI=1S/C49H63ClF3N9O4.CH5P/c1-3-21-60(22-7-10-44(64)36-17-23-62(24-18-36,25-26-63)33-35-8-5-4-6-9-35)48(66)39-13-11-37(27-42(39)50)58-47(65)46-57-30-43(59(46)2)40-31-61(32-41(40)49(51,52)53)45-14-12-38(29-56-45)55-28-34-15-19-54-20-16-34;1-2/h11-14,26-27,29-32,34-36,54-55H,3-10,15-25,28,33H2,1-2H3;2H2,1H3/p+1. The summed E-state index contributed by atoms with van der Waals surface area (Å²) in [5.74, 6) is 0.567. The molecule has 5 heterocycles. The summed E-state index contributed by atoms with van der Waals surface area (Å²) in [6, 6.07) is 7.97. The van der Waals surface area contributed by atoms with Gasteiger partial charge in [0, 0.05) is 81.4 Å². The number of halogens is 4. The minimum Gasteiger partial charge on any atom is -0.384 e. The number of pyridine rings is 1. The number of aromatic nitrogens is 4. The Balaban J connectivity index is 0.00000376. The van der Waals surface area contributed by atoms with Crippen molar-refractivity contribution in [2.45, 2.75) is 90.1 Å². The van der Waals surface area contributed by atoms with Gasteiger partial charge in [0.25, 0.3) is 11.8 Å². The van der Waals surface area contributed by atoms with Crippen molar-refractivity contribution in [2.75, 3.05) is 76.2 Å². The first-order valence-corrected chi connectivity index (χ1v) is 25.8. The van der Waals surface area contributed by atoms with E-state index in [1.807, 2.05) is 13.6 Å². The van der Waals surface area contributed by atoms with Crippen LogP contribution in [0, 0.1) is 17.8 Å². The summed E-state index contributed by atoms with van der Waals surface area (Å²) >= 11 is 6.66. The lowest BCUT2D eigenvalue weighted by Gasteiger charge is -2.44. The van der Waals surface area contributed by atoms with Crippen molar-refractivity contribution in [1.82, 2.24) is 29.3 Å². The maximum atomic E-state index is 14.5. The summed E-state index contributed by atoms with van der Waals surface area (Å²) in [7, 11) is 3.88. The number of hydrogen-bond donors (Lipinski definition) is 3. The highest BCUT2D eigenvalue weighted by molar-refractivity contribution is 7.15. The van der Waals surface area contributed by atoms with Gasteiger partial charge in [0.2, 0.25) is 0 Å². The fourth-order valence-electron chi connectivity index (χ4n) is 10.2. The molecule has 1 saturated carbocycles. The Morgan fingerprint density at radius 1 is 0.941 bits per heavy atom. The van der Waals surface area contributed by atoms with Crippen LogP contribution in [0.3, 0.4) is 0 Å². The zero-order valence-corrected chi connectivity index (χ0v) is 41.7. The van der Waals surface area contributed by atoms with E-state index in [1.54, 1.807) is 23.2 Å². The number of nitrogens with zero attached hydrogens (tertiary/aromatic N) is 6. The van der Waals surface area contributed by atoms with Crippen LogP contribution < -0.4 is 16.0 Å². The number of likely N-dealkylation sites (tertiary alicyclic amines) is 1. The Bertz CT molecular complexity index is 2300. The maximum absolute atomic E-state index is 14.5. The lowest BCUT2D eigenvalue weighted by Crippen LogP contribution is -2.57. The Hall–Kier alpha value is -4.63. The molecule has 2 amide bonds. The fourth-order valence-corrected chi connectivity index (χ4v) is 10.4. The van der Waals surface area contributed by atoms with Crippen LogP contribution in [-0.2, 0) is 22.8 Å². The molecule has 13 nitrogen and oxygen atoms in total. The second-order valence-electron chi connectivity index (χ2n) is 18.6. The summed E-state index contributed by atoms with van der Waals surface area (Å²) < 4.78 is 46.8. The average molecular weight is 984 g/mol. The zero-order valence-electron chi connectivity index (χ0n) is 39.8. The molecule has 370 valence electrons. The highest BCUT2D eigenvalue weighted by atomic mass is 35.5. The number of hydrogen-bond acceptors (Lipinski definition) is 8. The highest BCUT2D eigenvalue weighted by Gasteiger charge is 2.39. The summed E-state index contributed by atoms with van der Waals surface area (Å²) in [4.78, 5) is 62.7. The van der Waals surface area contributed by atoms with Crippen molar-refractivity contribution in [3.05, 3.63) is 77.1 Å². The molecule has 1 atom stereocenters. The van der Waals surface area contributed by atoms with E-state index in [4.69, 9.17) is 11.6 Å². The molecular weight excluding hydrogens is 914 g/mol. The van der Waals surface area contributed by atoms with Crippen LogP contribution in [0.5, 0.6) is 0 Å². The van der Waals surface area contributed by atoms with E-state index in [1.165, 1.54) is 78.9 Å².